The van der Waals surface area contributed by atoms with Gasteiger partial charge < -0.3 is 35.0 Å². The van der Waals surface area contributed by atoms with E-state index in [9.17, 15) is 24.3 Å². The van der Waals surface area contributed by atoms with Crippen LogP contribution in [-0.4, -0.2) is 128 Å². The molecule has 1 aliphatic rings. The molecular formula is C39H67N5O7. The Hall–Kier alpha value is -3.06. The van der Waals surface area contributed by atoms with Gasteiger partial charge >= 0.3 is 0 Å². The number of rotatable bonds is 21. The van der Waals surface area contributed by atoms with Crippen molar-refractivity contribution in [2.24, 2.45) is 23.7 Å². The van der Waals surface area contributed by atoms with Crippen LogP contribution in [0, 0.1) is 23.7 Å². The van der Waals surface area contributed by atoms with Crippen molar-refractivity contribution in [2.45, 2.75) is 117 Å². The fourth-order valence-corrected chi connectivity index (χ4v) is 7.40. The van der Waals surface area contributed by atoms with Crippen LogP contribution in [0.1, 0.15) is 85.8 Å². The second-order valence-corrected chi connectivity index (χ2v) is 15.3. The molecule has 12 nitrogen and oxygen atoms in total. The van der Waals surface area contributed by atoms with E-state index in [0.29, 0.717) is 24.9 Å². The highest BCUT2D eigenvalue weighted by Gasteiger charge is 2.44. The molecule has 0 aliphatic carbocycles. The van der Waals surface area contributed by atoms with Crippen LogP contribution in [0.5, 0.6) is 0 Å². The first-order chi connectivity index (χ1) is 24.0. The number of nitrogens with zero attached hydrogens (tertiary/aromatic N) is 3. The Morgan fingerprint density at radius 2 is 1.59 bits per heavy atom. The lowest BCUT2D eigenvalue weighted by atomic mass is 9.86. The van der Waals surface area contributed by atoms with Crippen LogP contribution in [0.4, 0.5) is 0 Å². The number of likely N-dealkylation sites (tertiary alicyclic amines) is 1. The molecule has 2 rings (SSSR count). The summed E-state index contributed by atoms with van der Waals surface area (Å²) in [6.07, 6.45) is -0.0587. The minimum absolute atomic E-state index is 0.00819. The molecule has 9 atom stereocenters. The molecule has 51 heavy (non-hydrogen) atoms. The first kappa shape index (κ1) is 44.1. The Labute approximate surface area is 307 Å². The molecule has 1 fully saturated rings. The van der Waals surface area contributed by atoms with Crippen molar-refractivity contribution in [1.29, 1.82) is 0 Å². The highest BCUT2D eigenvalue weighted by atomic mass is 16.5. The zero-order valence-corrected chi connectivity index (χ0v) is 33.2. The largest absolute Gasteiger partial charge is 0.387 e. The molecule has 12 heteroatoms. The molecule has 1 aromatic rings. The number of carbonyl (C=O) groups excluding carboxylic acids is 4. The third-order valence-electron chi connectivity index (χ3n) is 10.5. The maximum Gasteiger partial charge on any atom is 0.245 e. The number of amides is 4. The minimum Gasteiger partial charge on any atom is -0.387 e. The zero-order chi connectivity index (χ0) is 38.6. The van der Waals surface area contributed by atoms with E-state index in [0.717, 1.165) is 6.42 Å². The first-order valence-electron chi connectivity index (χ1n) is 18.6. The van der Waals surface area contributed by atoms with Gasteiger partial charge in [-0.1, -0.05) is 85.2 Å². The van der Waals surface area contributed by atoms with E-state index in [1.807, 2.05) is 78.7 Å². The summed E-state index contributed by atoms with van der Waals surface area (Å²) in [7, 11) is 8.56. The molecule has 0 radical (unpaired) electrons. The number of aliphatic hydroxyl groups excluding tert-OH is 1. The molecular weight excluding hydrogens is 650 g/mol. The fraction of sp³-hybridized carbons (Fsp3) is 0.744. The van der Waals surface area contributed by atoms with Crippen LogP contribution in [0.15, 0.2) is 30.3 Å². The molecule has 9 unspecified atom stereocenters. The highest BCUT2D eigenvalue weighted by Crippen LogP contribution is 2.30. The van der Waals surface area contributed by atoms with Crippen molar-refractivity contribution in [3.8, 4) is 0 Å². The van der Waals surface area contributed by atoms with Crippen molar-refractivity contribution in [3.05, 3.63) is 35.9 Å². The van der Waals surface area contributed by atoms with Gasteiger partial charge in [0.15, 0.2) is 0 Å². The van der Waals surface area contributed by atoms with Crippen molar-refractivity contribution < 1.29 is 33.8 Å². The van der Waals surface area contributed by atoms with E-state index in [-0.39, 0.29) is 66.4 Å². The smallest absolute Gasteiger partial charge is 0.245 e. The van der Waals surface area contributed by atoms with Crippen LogP contribution in [-0.2, 0) is 28.7 Å². The fourth-order valence-electron chi connectivity index (χ4n) is 7.40. The molecule has 1 saturated heterocycles. The summed E-state index contributed by atoms with van der Waals surface area (Å²) in [6, 6.07) is 7.28. The van der Waals surface area contributed by atoms with Crippen molar-refractivity contribution >= 4 is 23.6 Å². The van der Waals surface area contributed by atoms with Crippen LogP contribution < -0.4 is 10.6 Å². The molecule has 4 amide bonds. The lowest BCUT2D eigenvalue weighted by molar-refractivity contribution is -0.156. The van der Waals surface area contributed by atoms with Gasteiger partial charge in [0.25, 0.3) is 0 Å². The standard InChI is InChI=1S/C39H67N5O7/c1-13-26(6)35(43(10)39(49)29(21-24(2)3)41-38(48)34(25(4)5)42(8)9)32(50-11)22-33(46)44-20-19-30(44)36(51-12)27(7)37(47)40-23-31(45)28-17-15-14-16-18-28/h14-18,24-27,29-32,34-36,45H,13,19-23H2,1-12H3,(H,40,47)(H,41,48). The molecule has 1 aromatic carbocycles. The van der Waals surface area contributed by atoms with Crippen molar-refractivity contribution in [1.82, 2.24) is 25.3 Å². The first-order valence-corrected chi connectivity index (χ1v) is 18.6. The monoisotopic (exact) mass is 718 g/mol. The number of benzene rings is 1. The van der Waals surface area contributed by atoms with Gasteiger partial charge in [0.2, 0.25) is 23.6 Å². The molecule has 1 heterocycles. The van der Waals surface area contributed by atoms with E-state index in [4.69, 9.17) is 9.47 Å². The van der Waals surface area contributed by atoms with Gasteiger partial charge in [-0.2, -0.15) is 0 Å². The van der Waals surface area contributed by atoms with E-state index < -0.39 is 36.3 Å². The molecule has 3 N–H and O–H groups in total. The summed E-state index contributed by atoms with van der Waals surface area (Å²) in [4.78, 5) is 60.0. The van der Waals surface area contributed by atoms with E-state index in [1.54, 1.807) is 50.1 Å². The number of hydrogen-bond donors (Lipinski definition) is 3. The Bertz CT molecular complexity index is 1240. The lowest BCUT2D eigenvalue weighted by Crippen LogP contribution is -2.61. The summed E-state index contributed by atoms with van der Waals surface area (Å²) in [5.41, 5.74) is 0.713. The molecule has 0 saturated carbocycles. The zero-order valence-electron chi connectivity index (χ0n) is 33.2. The van der Waals surface area contributed by atoms with E-state index in [2.05, 4.69) is 10.6 Å². The SMILES string of the molecule is CCC(C)C(C(CC(=O)N1CCC1C(OC)C(C)C(=O)NCC(O)c1ccccc1)OC)N(C)C(=O)C(CC(C)C)NC(=O)C(C(C)C)N(C)C. The Kier molecular flexibility index (Phi) is 18.0. The normalized spacial score (nSPS) is 19.4. The molecule has 0 bridgehead atoms. The number of aliphatic hydroxyl groups is 1. The highest BCUT2D eigenvalue weighted by molar-refractivity contribution is 5.90. The van der Waals surface area contributed by atoms with Crippen LogP contribution in [0.2, 0.25) is 0 Å². The molecule has 290 valence electrons. The van der Waals surface area contributed by atoms with Crippen LogP contribution in [0.25, 0.3) is 0 Å². The second kappa shape index (κ2) is 20.8. The van der Waals surface area contributed by atoms with Gasteiger partial charge in [0.1, 0.15) is 6.04 Å². The summed E-state index contributed by atoms with van der Waals surface area (Å²) in [5.74, 6) is -1.19. The number of likely N-dealkylation sites (N-methyl/N-ethyl adjacent to an activating group) is 2. The lowest BCUT2D eigenvalue weighted by Gasteiger charge is -2.47. The van der Waals surface area contributed by atoms with Gasteiger partial charge in [-0.15, -0.1) is 0 Å². The number of ether oxygens (including phenoxy) is 2. The average Bonchev–Trinajstić information content (AvgIpc) is 3.06. The second-order valence-electron chi connectivity index (χ2n) is 15.3. The topological polar surface area (TPSA) is 141 Å². The number of hydrogen-bond acceptors (Lipinski definition) is 8. The average molecular weight is 718 g/mol. The maximum absolute atomic E-state index is 14.2. The Morgan fingerprint density at radius 3 is 2.06 bits per heavy atom. The summed E-state index contributed by atoms with van der Waals surface area (Å²) >= 11 is 0. The van der Waals surface area contributed by atoms with E-state index >= 15 is 0 Å². The van der Waals surface area contributed by atoms with Crippen molar-refractivity contribution in [2.75, 3.05) is 48.5 Å². The quantitative estimate of drug-likeness (QED) is 0.176. The van der Waals surface area contributed by atoms with Gasteiger partial charge in [0, 0.05) is 34.4 Å². The van der Waals surface area contributed by atoms with Gasteiger partial charge in [-0.25, -0.2) is 0 Å². The van der Waals surface area contributed by atoms with Gasteiger partial charge in [-0.3, -0.25) is 24.1 Å². The van der Waals surface area contributed by atoms with Gasteiger partial charge in [-0.05, 0) is 50.3 Å². The molecule has 0 spiro atoms. The summed E-state index contributed by atoms with van der Waals surface area (Å²) in [6.45, 7) is 14.5. The molecule has 0 aromatic heterocycles. The third-order valence-corrected chi connectivity index (χ3v) is 10.5. The summed E-state index contributed by atoms with van der Waals surface area (Å²) in [5, 5.41) is 16.4. The predicted octanol–water partition coefficient (Wildman–Crippen LogP) is 3.48. The number of carbonyl (C=O) groups is 4. The number of nitrogens with one attached hydrogen (secondary N) is 2. The Balaban J connectivity index is 2.20. The Morgan fingerprint density at radius 1 is 0.961 bits per heavy atom. The van der Waals surface area contributed by atoms with Crippen molar-refractivity contribution in [3.63, 3.8) is 0 Å². The maximum atomic E-state index is 14.2. The minimum atomic E-state index is -0.841. The van der Waals surface area contributed by atoms with Crippen LogP contribution >= 0.6 is 0 Å². The number of methoxy groups -OCH3 is 2. The van der Waals surface area contributed by atoms with Crippen LogP contribution in [0.3, 0.4) is 0 Å². The third kappa shape index (κ3) is 12.0. The molecule has 1 aliphatic heterocycles. The van der Waals surface area contributed by atoms with E-state index in [1.165, 1.54) is 0 Å². The summed E-state index contributed by atoms with van der Waals surface area (Å²) < 4.78 is 11.8. The predicted molar refractivity (Wildman–Crippen MR) is 200 cm³/mol. The van der Waals surface area contributed by atoms with Gasteiger partial charge in [0.05, 0.1) is 48.8 Å².